The maximum Gasteiger partial charge on any atom is 0.317 e. The highest BCUT2D eigenvalue weighted by atomic mass is 32.2. The first-order valence-corrected chi connectivity index (χ1v) is 12.2. The zero-order valence-corrected chi connectivity index (χ0v) is 18.4. The third kappa shape index (κ3) is 5.08. The average molecular weight is 441 g/mol. The van der Waals surface area contributed by atoms with Crippen molar-refractivity contribution in [3.63, 3.8) is 0 Å². The molecule has 2 amide bonds. The molecule has 0 bridgehead atoms. The number of likely N-dealkylation sites (tertiary alicyclic amines) is 1. The smallest absolute Gasteiger partial charge is 0.317 e. The Morgan fingerprint density at radius 1 is 1.10 bits per heavy atom. The van der Waals surface area contributed by atoms with Crippen molar-refractivity contribution in [2.75, 3.05) is 20.1 Å². The summed E-state index contributed by atoms with van der Waals surface area (Å²) in [5, 5.41) is 4.24. The predicted octanol–water partition coefficient (Wildman–Crippen LogP) is 3.31. The number of H-pyrrole nitrogens is 1. The Labute approximate surface area is 182 Å². The number of nitrogens with zero attached hydrogens (tertiary/aromatic N) is 1. The molecule has 1 aliphatic rings. The number of hydrogen-bond donors (Lipinski definition) is 3. The Bertz CT molecular complexity index is 1160. The molecule has 0 spiro atoms. The van der Waals surface area contributed by atoms with Crippen LogP contribution in [0.5, 0.6) is 0 Å². The largest absolute Gasteiger partial charge is 0.361 e. The van der Waals surface area contributed by atoms with Crippen LogP contribution >= 0.6 is 0 Å². The molecule has 0 atom stereocenters. The van der Waals surface area contributed by atoms with E-state index in [1.54, 1.807) is 6.07 Å². The Morgan fingerprint density at radius 2 is 1.84 bits per heavy atom. The molecular weight excluding hydrogens is 412 g/mol. The summed E-state index contributed by atoms with van der Waals surface area (Å²) in [5.74, 6) is 0.373. The SMILES string of the molecule is CNS(=O)(=O)Cc1cccc(CNC(=O)N2CCC(c3c[nH]c4ccccc34)CC2)c1. The lowest BCUT2D eigenvalue weighted by Crippen LogP contribution is -2.43. The fraction of sp³-hybridized carbons (Fsp3) is 0.348. The molecule has 164 valence electrons. The topological polar surface area (TPSA) is 94.3 Å². The van der Waals surface area contributed by atoms with Gasteiger partial charge >= 0.3 is 6.03 Å². The van der Waals surface area contributed by atoms with Gasteiger partial charge in [-0.05, 0) is 48.6 Å². The van der Waals surface area contributed by atoms with E-state index in [4.69, 9.17) is 0 Å². The van der Waals surface area contributed by atoms with Crippen molar-refractivity contribution >= 4 is 27.0 Å². The highest BCUT2D eigenvalue weighted by Gasteiger charge is 2.25. The van der Waals surface area contributed by atoms with E-state index in [0.29, 0.717) is 18.0 Å². The number of carbonyl (C=O) groups excluding carboxylic acids is 1. The minimum atomic E-state index is -3.32. The lowest BCUT2D eigenvalue weighted by molar-refractivity contribution is 0.181. The van der Waals surface area contributed by atoms with Crippen LogP contribution < -0.4 is 10.0 Å². The van der Waals surface area contributed by atoms with Gasteiger partial charge in [-0.3, -0.25) is 0 Å². The highest BCUT2D eigenvalue weighted by molar-refractivity contribution is 7.88. The Kier molecular flexibility index (Phi) is 6.29. The Morgan fingerprint density at radius 3 is 2.61 bits per heavy atom. The maximum absolute atomic E-state index is 12.6. The first-order chi connectivity index (χ1) is 14.9. The third-order valence-electron chi connectivity index (χ3n) is 5.95. The number of aromatic amines is 1. The molecular formula is C23H28N4O3S. The minimum Gasteiger partial charge on any atom is -0.361 e. The molecule has 0 saturated carbocycles. The van der Waals surface area contributed by atoms with Crippen molar-refractivity contribution in [2.45, 2.75) is 31.1 Å². The van der Waals surface area contributed by atoms with Crippen LogP contribution in [0.2, 0.25) is 0 Å². The fourth-order valence-corrected chi connectivity index (χ4v) is 5.00. The number of piperidine rings is 1. The van der Waals surface area contributed by atoms with Crippen LogP contribution in [0.15, 0.2) is 54.7 Å². The fourth-order valence-electron chi connectivity index (χ4n) is 4.24. The first-order valence-electron chi connectivity index (χ1n) is 10.5. The van der Waals surface area contributed by atoms with Crippen LogP contribution in [0.4, 0.5) is 4.79 Å². The lowest BCUT2D eigenvalue weighted by atomic mass is 9.89. The van der Waals surface area contributed by atoms with Crippen LogP contribution in [0.25, 0.3) is 10.9 Å². The number of benzene rings is 2. The van der Waals surface area contributed by atoms with Crippen LogP contribution in [0, 0.1) is 0 Å². The van der Waals surface area contributed by atoms with Gasteiger partial charge < -0.3 is 15.2 Å². The van der Waals surface area contributed by atoms with Gasteiger partial charge in [0.25, 0.3) is 0 Å². The van der Waals surface area contributed by atoms with Gasteiger partial charge in [0.1, 0.15) is 0 Å². The lowest BCUT2D eigenvalue weighted by Gasteiger charge is -2.32. The summed E-state index contributed by atoms with van der Waals surface area (Å²) in [6, 6.07) is 15.5. The number of urea groups is 1. The van der Waals surface area contributed by atoms with Crippen LogP contribution in [-0.4, -0.2) is 44.5 Å². The summed E-state index contributed by atoms with van der Waals surface area (Å²) in [4.78, 5) is 17.8. The molecule has 31 heavy (non-hydrogen) atoms. The van der Waals surface area contributed by atoms with Crippen molar-refractivity contribution in [3.8, 4) is 0 Å². The Hall–Kier alpha value is -2.84. The number of para-hydroxylation sites is 1. The number of rotatable bonds is 6. The number of fused-ring (bicyclic) bond motifs is 1. The van der Waals surface area contributed by atoms with E-state index in [1.807, 2.05) is 29.2 Å². The summed E-state index contributed by atoms with van der Waals surface area (Å²) in [7, 11) is -1.92. The number of amides is 2. The molecule has 3 aromatic rings. The molecule has 1 aliphatic heterocycles. The van der Waals surface area contributed by atoms with Gasteiger partial charge in [0, 0.05) is 36.7 Å². The molecule has 8 heteroatoms. The molecule has 0 unspecified atom stereocenters. The number of hydrogen-bond acceptors (Lipinski definition) is 3. The van der Waals surface area contributed by atoms with Crippen LogP contribution in [0.3, 0.4) is 0 Å². The number of carbonyl (C=O) groups is 1. The number of nitrogens with one attached hydrogen (secondary N) is 3. The summed E-state index contributed by atoms with van der Waals surface area (Å²) in [6.45, 7) is 1.81. The van der Waals surface area contributed by atoms with Gasteiger partial charge in [0.05, 0.1) is 5.75 Å². The molecule has 0 aliphatic carbocycles. The second kappa shape index (κ2) is 9.11. The van der Waals surface area contributed by atoms with E-state index in [1.165, 1.54) is 18.0 Å². The van der Waals surface area contributed by atoms with Gasteiger partial charge in [-0.25, -0.2) is 17.9 Å². The maximum atomic E-state index is 12.6. The monoisotopic (exact) mass is 440 g/mol. The van der Waals surface area contributed by atoms with E-state index >= 15 is 0 Å². The third-order valence-corrected chi connectivity index (χ3v) is 7.28. The summed E-state index contributed by atoms with van der Waals surface area (Å²) in [6.07, 6.45) is 3.98. The van der Waals surface area contributed by atoms with Gasteiger partial charge in [0.15, 0.2) is 0 Å². The molecule has 0 radical (unpaired) electrons. The molecule has 2 aromatic carbocycles. The predicted molar refractivity (Wildman–Crippen MR) is 122 cm³/mol. The van der Waals surface area contributed by atoms with E-state index in [9.17, 15) is 13.2 Å². The zero-order valence-electron chi connectivity index (χ0n) is 17.6. The van der Waals surface area contributed by atoms with E-state index in [2.05, 4.69) is 39.4 Å². The van der Waals surface area contributed by atoms with Gasteiger partial charge in [-0.15, -0.1) is 0 Å². The molecule has 3 N–H and O–H groups in total. The molecule has 1 aromatic heterocycles. The molecule has 7 nitrogen and oxygen atoms in total. The normalized spacial score (nSPS) is 15.3. The van der Waals surface area contributed by atoms with Crippen molar-refractivity contribution in [3.05, 3.63) is 71.4 Å². The molecule has 4 rings (SSSR count). The van der Waals surface area contributed by atoms with Crippen molar-refractivity contribution in [1.29, 1.82) is 0 Å². The molecule has 1 fully saturated rings. The highest BCUT2D eigenvalue weighted by Crippen LogP contribution is 2.33. The molecule has 1 saturated heterocycles. The number of sulfonamides is 1. The Balaban J connectivity index is 1.31. The van der Waals surface area contributed by atoms with E-state index in [0.717, 1.165) is 37.0 Å². The quantitative estimate of drug-likeness (QED) is 0.549. The minimum absolute atomic E-state index is 0.0767. The van der Waals surface area contributed by atoms with Gasteiger partial charge in [0.2, 0.25) is 10.0 Å². The van der Waals surface area contributed by atoms with Crippen molar-refractivity contribution < 1.29 is 13.2 Å². The van der Waals surface area contributed by atoms with Crippen LogP contribution in [-0.2, 0) is 22.3 Å². The van der Waals surface area contributed by atoms with Crippen molar-refractivity contribution in [1.82, 2.24) is 19.9 Å². The molecule has 2 heterocycles. The number of aromatic nitrogens is 1. The summed E-state index contributed by atoms with van der Waals surface area (Å²) in [5.41, 5.74) is 4.07. The summed E-state index contributed by atoms with van der Waals surface area (Å²) >= 11 is 0. The van der Waals surface area contributed by atoms with E-state index in [-0.39, 0.29) is 11.8 Å². The second-order valence-electron chi connectivity index (χ2n) is 7.99. The summed E-state index contributed by atoms with van der Waals surface area (Å²) < 4.78 is 25.8. The van der Waals surface area contributed by atoms with Crippen LogP contribution in [0.1, 0.15) is 35.4 Å². The van der Waals surface area contributed by atoms with Gasteiger partial charge in [-0.2, -0.15) is 0 Å². The van der Waals surface area contributed by atoms with Gasteiger partial charge in [-0.1, -0.05) is 42.5 Å². The first kappa shape index (κ1) is 21.4. The standard InChI is InChI=1S/C23H28N4O3S/c1-24-31(29,30)16-18-6-4-5-17(13-18)14-26-23(28)27-11-9-19(10-12-27)21-15-25-22-8-3-2-7-20(21)22/h2-8,13,15,19,24-25H,9-12,14,16H2,1H3,(H,26,28). The average Bonchev–Trinajstić information content (AvgIpc) is 3.22. The van der Waals surface area contributed by atoms with E-state index < -0.39 is 10.0 Å². The van der Waals surface area contributed by atoms with Crippen molar-refractivity contribution in [2.24, 2.45) is 0 Å². The second-order valence-corrected chi connectivity index (χ2v) is 9.92. The zero-order chi connectivity index (χ0) is 21.8.